The summed E-state index contributed by atoms with van der Waals surface area (Å²) in [6.07, 6.45) is 2.28. The molecule has 0 atom stereocenters. The first kappa shape index (κ1) is 23.3. The number of nitrogens with zero attached hydrogens (tertiary/aromatic N) is 4. The van der Waals surface area contributed by atoms with Gasteiger partial charge in [-0.1, -0.05) is 0 Å². The Kier molecular flexibility index (Phi) is 7.84. The Labute approximate surface area is 182 Å². The summed E-state index contributed by atoms with van der Waals surface area (Å²) in [5.41, 5.74) is 0.238. The lowest BCUT2D eigenvalue weighted by molar-refractivity contribution is 0.0676. The number of ether oxygens (including phenoxy) is 2. The van der Waals surface area contributed by atoms with Crippen molar-refractivity contribution in [2.75, 3.05) is 62.4 Å². The van der Waals surface area contributed by atoms with Crippen molar-refractivity contribution in [3.8, 4) is 0 Å². The maximum absolute atomic E-state index is 13.4. The van der Waals surface area contributed by atoms with E-state index < -0.39 is 29.3 Å². The van der Waals surface area contributed by atoms with Gasteiger partial charge in [0, 0.05) is 38.3 Å². The zero-order valence-electron chi connectivity index (χ0n) is 17.0. The normalized spacial score (nSPS) is 16.2. The maximum Gasteiger partial charge on any atom is 0.357 e. The molecule has 2 fully saturated rings. The number of rotatable bonds is 4. The van der Waals surface area contributed by atoms with Gasteiger partial charge in [0.05, 0.1) is 50.2 Å². The van der Waals surface area contributed by atoms with Gasteiger partial charge in [0.15, 0.2) is 17.2 Å². The number of anilines is 2. The van der Waals surface area contributed by atoms with E-state index in [1.54, 1.807) is 4.90 Å². The fourth-order valence-electron chi connectivity index (χ4n) is 3.22. The predicted molar refractivity (Wildman–Crippen MR) is 108 cm³/mol. The van der Waals surface area contributed by atoms with E-state index in [9.17, 15) is 18.4 Å². The van der Waals surface area contributed by atoms with Gasteiger partial charge < -0.3 is 29.5 Å². The van der Waals surface area contributed by atoms with Crippen molar-refractivity contribution >= 4 is 23.3 Å². The van der Waals surface area contributed by atoms with Crippen LogP contribution in [0, 0.1) is 11.6 Å². The Morgan fingerprint density at radius 2 is 1.34 bits per heavy atom. The van der Waals surface area contributed by atoms with Crippen molar-refractivity contribution in [3.05, 3.63) is 47.5 Å². The molecule has 2 saturated heterocycles. The molecule has 0 radical (unpaired) electrons. The van der Waals surface area contributed by atoms with E-state index in [4.69, 9.17) is 19.7 Å². The number of aromatic nitrogens is 2. The minimum Gasteiger partial charge on any atom is -0.476 e. The molecule has 2 N–H and O–H groups in total. The fraction of sp³-hybridized carbons (Fsp3) is 0.400. The van der Waals surface area contributed by atoms with E-state index in [0.29, 0.717) is 64.0 Å². The van der Waals surface area contributed by atoms with Gasteiger partial charge in [-0.3, -0.25) is 0 Å². The van der Waals surface area contributed by atoms with E-state index in [-0.39, 0.29) is 5.69 Å². The molecule has 172 valence electrons. The maximum atomic E-state index is 13.4. The number of hydrogen-bond donors (Lipinski definition) is 2. The molecule has 4 rings (SSSR count). The van der Waals surface area contributed by atoms with Crippen LogP contribution in [0.2, 0.25) is 0 Å². The Balaban J connectivity index is 0.000000181. The molecule has 2 aliphatic heterocycles. The third kappa shape index (κ3) is 5.86. The number of morpholine rings is 2. The Hall–Kier alpha value is -3.38. The lowest BCUT2D eigenvalue weighted by Crippen LogP contribution is -2.37. The number of hydrogen-bond acceptors (Lipinski definition) is 8. The molecule has 2 aromatic rings. The quantitative estimate of drug-likeness (QED) is 0.705. The van der Waals surface area contributed by atoms with Gasteiger partial charge in [0.1, 0.15) is 5.82 Å². The monoisotopic (exact) mass is 452 g/mol. The first-order valence-electron chi connectivity index (χ1n) is 9.80. The summed E-state index contributed by atoms with van der Waals surface area (Å²) in [6, 6.07) is 2.39. The minimum absolute atomic E-state index is 0.122. The molecule has 0 aliphatic carbocycles. The second kappa shape index (κ2) is 10.8. The first-order valence-corrected chi connectivity index (χ1v) is 9.80. The summed E-state index contributed by atoms with van der Waals surface area (Å²) in [7, 11) is 0. The van der Waals surface area contributed by atoms with Crippen LogP contribution in [0.1, 0.15) is 21.0 Å². The number of halogens is 2. The number of carbonyl (C=O) groups is 2. The summed E-state index contributed by atoms with van der Waals surface area (Å²) in [6.45, 7) is 4.60. The highest BCUT2D eigenvalue weighted by atomic mass is 19.1. The van der Waals surface area contributed by atoms with Gasteiger partial charge >= 0.3 is 11.9 Å². The SMILES string of the molecule is O=C(O)c1ncc(F)cc1N1CCOCC1.O=C(O)c1ncc(N2CCOCC2)cc1F. The highest BCUT2D eigenvalue weighted by Gasteiger charge is 2.20. The summed E-state index contributed by atoms with van der Waals surface area (Å²) >= 11 is 0. The Morgan fingerprint density at radius 1 is 0.812 bits per heavy atom. The molecule has 4 heterocycles. The van der Waals surface area contributed by atoms with Gasteiger partial charge in [-0.25, -0.2) is 28.3 Å². The lowest BCUT2D eigenvalue weighted by Gasteiger charge is -2.29. The van der Waals surface area contributed by atoms with Crippen LogP contribution in [0.15, 0.2) is 24.5 Å². The van der Waals surface area contributed by atoms with Gasteiger partial charge in [0.25, 0.3) is 0 Å². The van der Waals surface area contributed by atoms with E-state index in [0.717, 1.165) is 6.20 Å². The van der Waals surface area contributed by atoms with Crippen LogP contribution < -0.4 is 9.80 Å². The summed E-state index contributed by atoms with van der Waals surface area (Å²) in [4.78, 5) is 32.4. The van der Waals surface area contributed by atoms with Crippen molar-refractivity contribution in [2.45, 2.75) is 0 Å². The molecule has 32 heavy (non-hydrogen) atoms. The summed E-state index contributed by atoms with van der Waals surface area (Å²) in [5, 5.41) is 17.6. The highest BCUT2D eigenvalue weighted by molar-refractivity contribution is 5.92. The molecule has 12 heteroatoms. The third-order valence-electron chi connectivity index (χ3n) is 4.79. The molecule has 2 aliphatic rings. The molecule has 0 bridgehead atoms. The second-order valence-electron chi connectivity index (χ2n) is 6.85. The molecule has 2 aromatic heterocycles. The van der Waals surface area contributed by atoms with Gasteiger partial charge in [-0.2, -0.15) is 0 Å². The van der Waals surface area contributed by atoms with Gasteiger partial charge in [-0.15, -0.1) is 0 Å². The molecule has 0 spiro atoms. The van der Waals surface area contributed by atoms with Crippen LogP contribution in [0.3, 0.4) is 0 Å². The zero-order valence-corrected chi connectivity index (χ0v) is 17.0. The van der Waals surface area contributed by atoms with Crippen LogP contribution in [0.4, 0.5) is 20.2 Å². The third-order valence-corrected chi connectivity index (χ3v) is 4.79. The topological polar surface area (TPSA) is 125 Å². The van der Waals surface area contributed by atoms with Crippen LogP contribution in [0.25, 0.3) is 0 Å². The Bertz CT molecular complexity index is 965. The second-order valence-corrected chi connectivity index (χ2v) is 6.85. The predicted octanol–water partition coefficient (Wildman–Crippen LogP) is 1.51. The fourth-order valence-corrected chi connectivity index (χ4v) is 3.22. The van der Waals surface area contributed by atoms with Crippen molar-refractivity contribution in [2.24, 2.45) is 0 Å². The summed E-state index contributed by atoms with van der Waals surface area (Å²) in [5.74, 6) is -3.85. The highest BCUT2D eigenvalue weighted by Crippen LogP contribution is 2.21. The number of pyridine rings is 2. The molecule has 0 aromatic carbocycles. The molecule has 0 unspecified atom stereocenters. The molecular weight excluding hydrogens is 430 g/mol. The van der Waals surface area contributed by atoms with Crippen LogP contribution in [-0.2, 0) is 9.47 Å². The first-order chi connectivity index (χ1) is 15.4. The number of carboxylic acid groups (broad SMARTS) is 2. The van der Waals surface area contributed by atoms with Crippen molar-refractivity contribution < 1.29 is 38.1 Å². The number of aromatic carboxylic acids is 2. The van der Waals surface area contributed by atoms with E-state index >= 15 is 0 Å². The molecule has 10 nitrogen and oxygen atoms in total. The standard InChI is InChI=1S/2C10H11FN2O3/c11-8-5-7(6-12-9(8)10(14)15)13-1-3-16-4-2-13;11-7-5-8(9(10(14)15)12-6-7)13-1-3-16-4-2-13/h2*5-6H,1-4H2,(H,14,15). The van der Waals surface area contributed by atoms with Gasteiger partial charge in [0.2, 0.25) is 0 Å². The average molecular weight is 452 g/mol. The average Bonchev–Trinajstić information content (AvgIpc) is 2.80. The number of carboxylic acids is 2. The van der Waals surface area contributed by atoms with Crippen LogP contribution >= 0.6 is 0 Å². The molecular formula is C20H22F2N4O6. The van der Waals surface area contributed by atoms with Crippen LogP contribution in [0.5, 0.6) is 0 Å². The van der Waals surface area contributed by atoms with Gasteiger partial charge in [-0.05, 0) is 0 Å². The smallest absolute Gasteiger partial charge is 0.357 e. The van der Waals surface area contributed by atoms with Crippen LogP contribution in [-0.4, -0.2) is 84.7 Å². The molecule has 0 saturated carbocycles. The van der Waals surface area contributed by atoms with Crippen molar-refractivity contribution in [3.63, 3.8) is 0 Å². The summed E-state index contributed by atoms with van der Waals surface area (Å²) < 4.78 is 36.7. The largest absolute Gasteiger partial charge is 0.476 e. The lowest BCUT2D eigenvalue weighted by atomic mass is 10.2. The van der Waals surface area contributed by atoms with Crippen molar-refractivity contribution in [1.29, 1.82) is 0 Å². The van der Waals surface area contributed by atoms with E-state index in [1.165, 1.54) is 18.3 Å². The van der Waals surface area contributed by atoms with E-state index in [1.807, 2.05) is 4.90 Å². The zero-order chi connectivity index (χ0) is 23.1. The van der Waals surface area contributed by atoms with Crippen molar-refractivity contribution in [1.82, 2.24) is 9.97 Å². The Morgan fingerprint density at radius 3 is 1.88 bits per heavy atom. The minimum atomic E-state index is -1.36. The van der Waals surface area contributed by atoms with E-state index in [2.05, 4.69) is 9.97 Å². The molecule has 0 amide bonds.